The molecule has 21 heavy (non-hydrogen) atoms. The van der Waals surface area contributed by atoms with E-state index in [0.29, 0.717) is 6.42 Å². The van der Waals surface area contributed by atoms with Crippen molar-refractivity contribution in [2.45, 2.75) is 19.1 Å². The fraction of sp³-hybridized carbons (Fsp3) is 0.214. The molecule has 7 heteroatoms. The summed E-state index contributed by atoms with van der Waals surface area (Å²) in [6.45, 7) is -2.83. The van der Waals surface area contributed by atoms with Crippen molar-refractivity contribution in [3.8, 4) is 5.75 Å². The average Bonchev–Trinajstić information content (AvgIpc) is 2.47. The van der Waals surface area contributed by atoms with Crippen molar-refractivity contribution in [3.63, 3.8) is 0 Å². The second-order valence-electron chi connectivity index (χ2n) is 4.34. The molecule has 0 radical (unpaired) electrons. The minimum Gasteiger partial charge on any atom is -0.435 e. The minimum absolute atomic E-state index is 0.117. The largest absolute Gasteiger partial charge is 0.435 e. The summed E-state index contributed by atoms with van der Waals surface area (Å²) in [7, 11) is 0. The van der Waals surface area contributed by atoms with Gasteiger partial charge in [-0.05, 0) is 45.8 Å². The van der Waals surface area contributed by atoms with Crippen LogP contribution < -0.4 is 16.0 Å². The highest BCUT2D eigenvalue weighted by Crippen LogP contribution is 2.21. The van der Waals surface area contributed by atoms with E-state index in [2.05, 4.69) is 31.1 Å². The number of rotatable bonds is 6. The van der Waals surface area contributed by atoms with E-state index >= 15 is 0 Å². The smallest absolute Gasteiger partial charge is 0.387 e. The van der Waals surface area contributed by atoms with Crippen LogP contribution >= 0.6 is 15.9 Å². The minimum atomic E-state index is -2.83. The third-order valence-electron chi connectivity index (χ3n) is 2.91. The highest BCUT2D eigenvalue weighted by molar-refractivity contribution is 9.10. The molecule has 0 amide bonds. The third kappa shape index (κ3) is 4.73. The Morgan fingerprint density at radius 1 is 1.19 bits per heavy atom. The lowest BCUT2D eigenvalue weighted by Gasteiger charge is -2.16. The number of pyridine rings is 1. The molecule has 0 spiro atoms. The van der Waals surface area contributed by atoms with Crippen molar-refractivity contribution in [2.24, 2.45) is 5.84 Å². The zero-order valence-corrected chi connectivity index (χ0v) is 12.6. The van der Waals surface area contributed by atoms with Gasteiger partial charge in [-0.1, -0.05) is 12.1 Å². The number of nitrogens with zero attached hydrogens (tertiary/aromatic N) is 1. The molecule has 0 aliphatic heterocycles. The summed E-state index contributed by atoms with van der Waals surface area (Å²) in [6, 6.07) is 9.99. The summed E-state index contributed by atoms with van der Waals surface area (Å²) in [6.07, 6.45) is 2.29. The van der Waals surface area contributed by atoms with Crippen molar-refractivity contribution < 1.29 is 13.5 Å². The highest BCUT2D eigenvalue weighted by Gasteiger charge is 2.12. The van der Waals surface area contributed by atoms with Gasteiger partial charge in [0, 0.05) is 22.8 Å². The van der Waals surface area contributed by atoms with Crippen LogP contribution in [0.3, 0.4) is 0 Å². The van der Waals surface area contributed by atoms with Gasteiger partial charge in [0.2, 0.25) is 0 Å². The standard InChI is InChI=1S/C14H14BrF2N3O/c15-10-3-4-11(19-8-10)7-13(20-18)9-1-5-12(6-2-9)21-14(16)17/h1-6,8,13-14,20H,7,18H2. The Labute approximate surface area is 129 Å². The van der Waals surface area contributed by atoms with Crippen LogP contribution in [0.25, 0.3) is 0 Å². The Morgan fingerprint density at radius 2 is 1.90 bits per heavy atom. The number of ether oxygens (including phenoxy) is 1. The Kier molecular flexibility index (Phi) is 5.60. The van der Waals surface area contributed by atoms with Gasteiger partial charge in [0.05, 0.1) is 6.04 Å². The van der Waals surface area contributed by atoms with Crippen molar-refractivity contribution in [1.29, 1.82) is 0 Å². The molecule has 0 saturated carbocycles. The molecule has 0 fully saturated rings. The topological polar surface area (TPSA) is 60.2 Å². The highest BCUT2D eigenvalue weighted by atomic mass is 79.9. The van der Waals surface area contributed by atoms with Crippen molar-refractivity contribution >= 4 is 15.9 Å². The van der Waals surface area contributed by atoms with Crippen molar-refractivity contribution in [1.82, 2.24) is 10.4 Å². The van der Waals surface area contributed by atoms with Crippen molar-refractivity contribution in [2.75, 3.05) is 0 Å². The molecule has 2 aromatic rings. The van der Waals surface area contributed by atoms with E-state index in [0.717, 1.165) is 15.7 Å². The predicted molar refractivity (Wildman–Crippen MR) is 78.8 cm³/mol. The number of hydrazine groups is 1. The van der Waals surface area contributed by atoms with E-state index in [9.17, 15) is 8.78 Å². The lowest BCUT2D eigenvalue weighted by atomic mass is 10.0. The number of hydrogen-bond acceptors (Lipinski definition) is 4. The van der Waals surface area contributed by atoms with Crippen LogP contribution in [-0.2, 0) is 6.42 Å². The molecular formula is C14H14BrF2N3O. The SMILES string of the molecule is NNC(Cc1ccc(Br)cn1)c1ccc(OC(F)F)cc1. The van der Waals surface area contributed by atoms with Gasteiger partial charge >= 0.3 is 6.61 Å². The van der Waals surface area contributed by atoms with Gasteiger partial charge in [-0.3, -0.25) is 16.3 Å². The molecule has 1 aromatic heterocycles. The number of alkyl halides is 2. The van der Waals surface area contributed by atoms with Gasteiger partial charge in [0.25, 0.3) is 0 Å². The number of nitrogens with one attached hydrogen (secondary N) is 1. The molecule has 0 aliphatic rings. The van der Waals surface area contributed by atoms with Crippen LogP contribution in [0.2, 0.25) is 0 Å². The Balaban J connectivity index is 2.08. The number of nitrogens with two attached hydrogens (primary N) is 1. The van der Waals surface area contributed by atoms with Gasteiger partial charge < -0.3 is 4.74 Å². The first kappa shape index (κ1) is 15.8. The molecule has 0 aliphatic carbocycles. The molecule has 0 saturated heterocycles. The van der Waals surface area contributed by atoms with E-state index in [4.69, 9.17) is 5.84 Å². The quantitative estimate of drug-likeness (QED) is 0.615. The number of aromatic nitrogens is 1. The lowest BCUT2D eigenvalue weighted by Crippen LogP contribution is -2.29. The van der Waals surface area contributed by atoms with E-state index < -0.39 is 6.61 Å². The Hall–Kier alpha value is -1.57. The molecular weight excluding hydrogens is 344 g/mol. The first-order valence-electron chi connectivity index (χ1n) is 6.20. The fourth-order valence-electron chi connectivity index (χ4n) is 1.89. The number of hydrogen-bond donors (Lipinski definition) is 2. The van der Waals surface area contributed by atoms with Gasteiger partial charge in [0.1, 0.15) is 5.75 Å². The molecule has 1 atom stereocenters. The van der Waals surface area contributed by atoms with Gasteiger partial charge in [-0.15, -0.1) is 0 Å². The molecule has 4 nitrogen and oxygen atoms in total. The monoisotopic (exact) mass is 357 g/mol. The second-order valence-corrected chi connectivity index (χ2v) is 5.25. The molecule has 1 unspecified atom stereocenters. The van der Waals surface area contributed by atoms with E-state index in [1.54, 1.807) is 18.3 Å². The number of halogens is 3. The molecule has 0 bridgehead atoms. The summed E-state index contributed by atoms with van der Waals surface area (Å²) in [5, 5.41) is 0. The maximum atomic E-state index is 12.1. The van der Waals surface area contributed by atoms with Crippen LogP contribution in [0.1, 0.15) is 17.3 Å². The summed E-state index contributed by atoms with van der Waals surface area (Å²) < 4.78 is 29.4. The normalized spacial score (nSPS) is 12.4. The zero-order chi connectivity index (χ0) is 15.2. The fourth-order valence-corrected chi connectivity index (χ4v) is 2.13. The molecule has 3 N–H and O–H groups in total. The first-order chi connectivity index (χ1) is 10.1. The maximum Gasteiger partial charge on any atom is 0.387 e. The molecule has 1 aromatic carbocycles. The van der Waals surface area contributed by atoms with Gasteiger partial charge in [-0.2, -0.15) is 8.78 Å². The van der Waals surface area contributed by atoms with Crippen molar-refractivity contribution in [3.05, 3.63) is 58.3 Å². The van der Waals surface area contributed by atoms with E-state index in [1.165, 1.54) is 12.1 Å². The number of benzene rings is 1. The summed E-state index contributed by atoms with van der Waals surface area (Å²) in [4.78, 5) is 4.28. The third-order valence-corrected chi connectivity index (χ3v) is 3.38. The van der Waals surface area contributed by atoms with Crippen LogP contribution in [0.4, 0.5) is 8.78 Å². The first-order valence-corrected chi connectivity index (χ1v) is 6.99. The van der Waals surface area contributed by atoms with Gasteiger partial charge in [0.15, 0.2) is 0 Å². The van der Waals surface area contributed by atoms with E-state index in [-0.39, 0.29) is 11.8 Å². The average molecular weight is 358 g/mol. The molecule has 2 rings (SSSR count). The predicted octanol–water partition coefficient (Wildman–Crippen LogP) is 3.19. The molecule has 112 valence electrons. The lowest BCUT2D eigenvalue weighted by molar-refractivity contribution is -0.0498. The zero-order valence-electron chi connectivity index (χ0n) is 11.0. The molecule has 1 heterocycles. The summed E-state index contributed by atoms with van der Waals surface area (Å²) in [5.74, 6) is 5.68. The summed E-state index contributed by atoms with van der Waals surface area (Å²) in [5.41, 5.74) is 4.44. The maximum absolute atomic E-state index is 12.1. The Morgan fingerprint density at radius 3 is 2.43 bits per heavy atom. The second kappa shape index (κ2) is 7.44. The van der Waals surface area contributed by atoms with E-state index in [1.807, 2.05) is 12.1 Å². The Bertz CT molecular complexity index is 563. The van der Waals surface area contributed by atoms with Crippen LogP contribution in [0.5, 0.6) is 5.75 Å². The van der Waals surface area contributed by atoms with Crippen LogP contribution in [-0.4, -0.2) is 11.6 Å². The van der Waals surface area contributed by atoms with Crippen LogP contribution in [0, 0.1) is 0 Å². The summed E-state index contributed by atoms with van der Waals surface area (Å²) >= 11 is 3.32. The van der Waals surface area contributed by atoms with Gasteiger partial charge in [-0.25, -0.2) is 0 Å². The van der Waals surface area contributed by atoms with Crippen LogP contribution in [0.15, 0.2) is 47.1 Å².